The van der Waals surface area contributed by atoms with Gasteiger partial charge in [0.2, 0.25) is 0 Å². The van der Waals surface area contributed by atoms with E-state index in [-0.39, 0.29) is 9.24 Å². The summed E-state index contributed by atoms with van der Waals surface area (Å²) in [6, 6.07) is 8.79. The van der Waals surface area contributed by atoms with E-state index in [0.717, 1.165) is 16.7 Å². The van der Waals surface area contributed by atoms with Gasteiger partial charge in [-0.3, -0.25) is 4.79 Å². The molecular weight excluding hydrogens is 362 g/mol. The van der Waals surface area contributed by atoms with Crippen molar-refractivity contribution < 1.29 is 8.78 Å². The Hall–Kier alpha value is -1.86. The standard InChI is InChI=1S/C14H7BrF2N2OS/c15-7-5-9(16)12(10(17)6-7)19-13(20)8-3-1-2-4-11(8)18-14(19)21/h1-6H,(H,18,21). The Morgan fingerprint density at radius 1 is 1.14 bits per heavy atom. The second kappa shape index (κ2) is 5.16. The van der Waals surface area contributed by atoms with Gasteiger partial charge in [0.1, 0.15) is 5.69 Å². The van der Waals surface area contributed by atoms with Crippen LogP contribution in [0.15, 0.2) is 45.7 Å². The van der Waals surface area contributed by atoms with Gasteiger partial charge in [0.05, 0.1) is 10.9 Å². The average molecular weight is 369 g/mol. The van der Waals surface area contributed by atoms with Crippen LogP contribution in [0.1, 0.15) is 0 Å². The Labute approximate surface area is 131 Å². The van der Waals surface area contributed by atoms with Crippen molar-refractivity contribution in [3.8, 4) is 5.69 Å². The SMILES string of the molecule is O=c1c2ccccc2[nH]c(=S)n1-c1c(F)cc(Br)cc1F. The Morgan fingerprint density at radius 3 is 2.43 bits per heavy atom. The summed E-state index contributed by atoms with van der Waals surface area (Å²) < 4.78 is 29.1. The molecular formula is C14H7BrF2N2OS. The van der Waals surface area contributed by atoms with Crippen molar-refractivity contribution in [1.82, 2.24) is 9.55 Å². The van der Waals surface area contributed by atoms with E-state index >= 15 is 0 Å². The zero-order valence-corrected chi connectivity index (χ0v) is 12.8. The van der Waals surface area contributed by atoms with Gasteiger partial charge in [-0.15, -0.1) is 0 Å². The van der Waals surface area contributed by atoms with Gasteiger partial charge in [0.15, 0.2) is 16.4 Å². The number of benzene rings is 2. The molecule has 3 nitrogen and oxygen atoms in total. The van der Waals surface area contributed by atoms with Crippen molar-refractivity contribution in [3.63, 3.8) is 0 Å². The highest BCUT2D eigenvalue weighted by Crippen LogP contribution is 2.22. The minimum absolute atomic E-state index is 0.0705. The highest BCUT2D eigenvalue weighted by molar-refractivity contribution is 9.10. The molecule has 1 aromatic heterocycles. The van der Waals surface area contributed by atoms with Gasteiger partial charge in [-0.25, -0.2) is 13.3 Å². The van der Waals surface area contributed by atoms with Gasteiger partial charge in [-0.2, -0.15) is 0 Å². The fraction of sp³-hybridized carbons (Fsp3) is 0. The number of hydrogen-bond donors (Lipinski definition) is 1. The lowest BCUT2D eigenvalue weighted by atomic mass is 10.2. The summed E-state index contributed by atoms with van der Waals surface area (Å²) in [5, 5.41) is 0.299. The van der Waals surface area contributed by atoms with E-state index < -0.39 is 22.9 Å². The molecule has 0 spiro atoms. The summed E-state index contributed by atoms with van der Waals surface area (Å²) >= 11 is 8.06. The number of halogens is 3. The van der Waals surface area contributed by atoms with Crippen LogP contribution < -0.4 is 5.56 Å². The predicted molar refractivity (Wildman–Crippen MR) is 82.3 cm³/mol. The molecule has 3 aromatic rings. The van der Waals surface area contributed by atoms with E-state index in [9.17, 15) is 13.6 Å². The summed E-state index contributed by atoms with van der Waals surface area (Å²) in [4.78, 5) is 15.3. The van der Waals surface area contributed by atoms with Crippen LogP contribution in [0, 0.1) is 16.4 Å². The zero-order chi connectivity index (χ0) is 15.1. The van der Waals surface area contributed by atoms with Crippen molar-refractivity contribution in [3.05, 3.63) is 67.6 Å². The maximum absolute atomic E-state index is 14.1. The van der Waals surface area contributed by atoms with Gasteiger partial charge < -0.3 is 4.98 Å². The minimum Gasteiger partial charge on any atom is -0.331 e. The molecule has 0 aliphatic carbocycles. The summed E-state index contributed by atoms with van der Waals surface area (Å²) in [5.74, 6) is -1.75. The number of nitrogens with one attached hydrogen (secondary N) is 1. The Kier molecular flexibility index (Phi) is 3.46. The molecule has 0 radical (unpaired) electrons. The third kappa shape index (κ3) is 2.32. The van der Waals surface area contributed by atoms with Crippen molar-refractivity contribution in [1.29, 1.82) is 0 Å². The normalized spacial score (nSPS) is 11.0. The number of hydrogen-bond acceptors (Lipinski definition) is 2. The smallest absolute Gasteiger partial charge is 0.266 e. The molecule has 7 heteroatoms. The van der Waals surface area contributed by atoms with Gasteiger partial charge >= 0.3 is 0 Å². The number of H-pyrrole nitrogens is 1. The molecule has 3 rings (SSSR count). The number of aromatic amines is 1. The second-order valence-electron chi connectivity index (χ2n) is 4.33. The first-order chi connectivity index (χ1) is 9.99. The van der Waals surface area contributed by atoms with E-state index in [1.807, 2.05) is 0 Å². The molecule has 1 N–H and O–H groups in total. The van der Waals surface area contributed by atoms with Crippen molar-refractivity contribution in [2.45, 2.75) is 0 Å². The molecule has 0 bridgehead atoms. The number of para-hydroxylation sites is 1. The fourth-order valence-corrected chi connectivity index (χ4v) is 2.80. The first kappa shape index (κ1) is 14.1. The second-order valence-corrected chi connectivity index (χ2v) is 5.64. The molecule has 0 saturated carbocycles. The van der Waals surface area contributed by atoms with Gasteiger partial charge in [-0.1, -0.05) is 28.1 Å². The molecule has 0 aliphatic rings. The molecule has 0 amide bonds. The summed E-state index contributed by atoms with van der Waals surface area (Å²) in [5.41, 5.74) is -0.550. The number of aromatic nitrogens is 2. The van der Waals surface area contributed by atoms with Gasteiger partial charge in [0.25, 0.3) is 5.56 Å². The van der Waals surface area contributed by atoms with Crippen LogP contribution in [-0.4, -0.2) is 9.55 Å². The first-order valence-electron chi connectivity index (χ1n) is 5.88. The summed E-state index contributed by atoms with van der Waals surface area (Å²) in [6.45, 7) is 0. The molecule has 0 saturated heterocycles. The third-order valence-corrected chi connectivity index (χ3v) is 3.75. The van der Waals surface area contributed by atoms with Gasteiger partial charge in [-0.05, 0) is 36.5 Å². The highest BCUT2D eigenvalue weighted by atomic mass is 79.9. The largest absolute Gasteiger partial charge is 0.331 e. The third-order valence-electron chi connectivity index (χ3n) is 3.01. The zero-order valence-electron chi connectivity index (χ0n) is 10.4. The Morgan fingerprint density at radius 2 is 1.76 bits per heavy atom. The summed E-state index contributed by atoms with van der Waals surface area (Å²) in [6.07, 6.45) is 0. The lowest BCUT2D eigenvalue weighted by Gasteiger charge is -2.10. The molecule has 0 aliphatic heterocycles. The monoisotopic (exact) mass is 368 g/mol. The van der Waals surface area contributed by atoms with Crippen molar-refractivity contribution in [2.24, 2.45) is 0 Å². The van der Waals surface area contributed by atoms with E-state index in [1.165, 1.54) is 0 Å². The quantitative estimate of drug-likeness (QED) is 0.657. The maximum atomic E-state index is 14.1. The number of rotatable bonds is 1. The Bertz CT molecular complexity index is 958. The lowest BCUT2D eigenvalue weighted by Crippen LogP contribution is -2.22. The first-order valence-corrected chi connectivity index (χ1v) is 7.08. The molecule has 0 atom stereocenters. The highest BCUT2D eigenvalue weighted by Gasteiger charge is 2.16. The maximum Gasteiger partial charge on any atom is 0.266 e. The number of nitrogens with zero attached hydrogens (tertiary/aromatic N) is 1. The van der Waals surface area contributed by atoms with Crippen LogP contribution in [0.5, 0.6) is 0 Å². The minimum atomic E-state index is -0.876. The van der Waals surface area contributed by atoms with Crippen LogP contribution in [0.3, 0.4) is 0 Å². The molecule has 21 heavy (non-hydrogen) atoms. The van der Waals surface area contributed by atoms with Gasteiger partial charge in [0, 0.05) is 4.47 Å². The van der Waals surface area contributed by atoms with E-state index in [2.05, 4.69) is 20.9 Å². The van der Waals surface area contributed by atoms with E-state index in [0.29, 0.717) is 10.9 Å². The van der Waals surface area contributed by atoms with Crippen molar-refractivity contribution >= 4 is 39.1 Å². The topological polar surface area (TPSA) is 37.8 Å². The van der Waals surface area contributed by atoms with Crippen LogP contribution >= 0.6 is 28.1 Å². The lowest BCUT2D eigenvalue weighted by molar-refractivity contribution is 0.563. The molecule has 2 aromatic carbocycles. The van der Waals surface area contributed by atoms with Crippen LogP contribution in [0.2, 0.25) is 0 Å². The van der Waals surface area contributed by atoms with E-state index in [4.69, 9.17) is 12.2 Å². The van der Waals surface area contributed by atoms with Crippen LogP contribution in [-0.2, 0) is 0 Å². The molecule has 0 unspecified atom stereocenters. The summed E-state index contributed by atoms with van der Waals surface area (Å²) in [7, 11) is 0. The molecule has 1 heterocycles. The van der Waals surface area contributed by atoms with Crippen molar-refractivity contribution in [2.75, 3.05) is 0 Å². The average Bonchev–Trinajstić information content (AvgIpc) is 2.41. The molecule has 106 valence electrons. The van der Waals surface area contributed by atoms with E-state index in [1.54, 1.807) is 24.3 Å². The molecule has 0 fully saturated rings. The predicted octanol–water partition coefficient (Wildman–Crippen LogP) is 4.09. The van der Waals surface area contributed by atoms with Crippen LogP contribution in [0.4, 0.5) is 8.78 Å². The number of fused-ring (bicyclic) bond motifs is 1. The fourth-order valence-electron chi connectivity index (χ4n) is 2.11. The Balaban J connectivity index is 2.47. The van der Waals surface area contributed by atoms with Crippen LogP contribution in [0.25, 0.3) is 16.6 Å².